The van der Waals surface area contributed by atoms with E-state index in [0.29, 0.717) is 6.42 Å². The molecule has 1 aromatic heterocycles. The molecule has 25 heavy (non-hydrogen) atoms. The molecule has 0 radical (unpaired) electrons. The molecule has 1 saturated heterocycles. The summed E-state index contributed by atoms with van der Waals surface area (Å²) in [6.45, 7) is 5.97. The molecule has 1 unspecified atom stereocenters. The Morgan fingerprint density at radius 2 is 2.28 bits per heavy atom. The van der Waals surface area contributed by atoms with Gasteiger partial charge in [-0.3, -0.25) is 9.78 Å². The zero-order valence-corrected chi connectivity index (χ0v) is 15.3. The first-order valence-electron chi connectivity index (χ1n) is 9.10. The summed E-state index contributed by atoms with van der Waals surface area (Å²) in [4.78, 5) is 18.9. The van der Waals surface area contributed by atoms with Gasteiger partial charge in [0, 0.05) is 37.1 Å². The van der Waals surface area contributed by atoms with Crippen LogP contribution in [-0.4, -0.2) is 37.1 Å². The molecule has 5 heteroatoms. The summed E-state index contributed by atoms with van der Waals surface area (Å²) >= 11 is 0. The molecule has 0 aliphatic carbocycles. The molecule has 1 aliphatic heterocycles. The number of aromatic nitrogens is 1. The van der Waals surface area contributed by atoms with Gasteiger partial charge in [-0.2, -0.15) is 0 Å². The van der Waals surface area contributed by atoms with Gasteiger partial charge in [0.15, 0.2) is 0 Å². The molecule has 1 aliphatic rings. The normalized spacial score (nSPS) is 17.6. The predicted molar refractivity (Wildman–Crippen MR) is 101 cm³/mol. The number of carbonyl (C=O) groups is 1. The summed E-state index contributed by atoms with van der Waals surface area (Å²) in [5.41, 5.74) is 3.25. The van der Waals surface area contributed by atoms with Gasteiger partial charge < -0.3 is 15.0 Å². The minimum absolute atomic E-state index is 0.160. The van der Waals surface area contributed by atoms with Crippen LogP contribution in [0.1, 0.15) is 38.2 Å². The number of para-hydroxylation sites is 1. The van der Waals surface area contributed by atoms with Gasteiger partial charge in [-0.25, -0.2) is 0 Å². The molecule has 2 heterocycles. The Morgan fingerprint density at radius 3 is 3.04 bits per heavy atom. The molecule has 1 amide bonds. The molecular formula is C20H27N3O2. The number of anilines is 1. The average Bonchev–Trinajstić information content (AvgIpc) is 2.61. The largest absolute Gasteiger partial charge is 0.494 e. The first-order valence-corrected chi connectivity index (χ1v) is 9.10. The van der Waals surface area contributed by atoms with E-state index in [4.69, 9.17) is 4.74 Å². The number of methoxy groups -OCH3 is 1. The summed E-state index contributed by atoms with van der Waals surface area (Å²) in [5.74, 6) is 0.955. The Bertz CT molecular complexity index is 760. The van der Waals surface area contributed by atoms with Crippen molar-refractivity contribution >= 4 is 22.5 Å². The topological polar surface area (TPSA) is 54.5 Å². The van der Waals surface area contributed by atoms with Crippen LogP contribution in [0.2, 0.25) is 0 Å². The number of nitrogens with zero attached hydrogens (tertiary/aromatic N) is 2. The molecule has 134 valence electrons. The minimum atomic E-state index is 0.160. The Balaban J connectivity index is 1.90. The first kappa shape index (κ1) is 17.5. The third kappa shape index (κ3) is 3.70. The summed E-state index contributed by atoms with van der Waals surface area (Å²) in [5, 5.41) is 4.30. The second-order valence-corrected chi connectivity index (χ2v) is 6.75. The predicted octanol–water partition coefficient (Wildman–Crippen LogP) is 3.44. The van der Waals surface area contributed by atoms with E-state index in [1.54, 1.807) is 7.11 Å². The highest BCUT2D eigenvalue weighted by Crippen LogP contribution is 2.34. The highest BCUT2D eigenvalue weighted by molar-refractivity contribution is 5.96. The highest BCUT2D eigenvalue weighted by Gasteiger charge is 2.24. The van der Waals surface area contributed by atoms with Crippen molar-refractivity contribution < 1.29 is 9.53 Å². The minimum Gasteiger partial charge on any atom is -0.494 e. The fourth-order valence-electron chi connectivity index (χ4n) is 3.69. The van der Waals surface area contributed by atoms with E-state index < -0.39 is 0 Å². The molecule has 0 bridgehead atoms. The number of hydrogen-bond acceptors (Lipinski definition) is 4. The second-order valence-electron chi connectivity index (χ2n) is 6.75. The first-order chi connectivity index (χ1) is 12.1. The van der Waals surface area contributed by atoms with Gasteiger partial charge in [0.05, 0.1) is 12.8 Å². The van der Waals surface area contributed by atoms with Crippen molar-refractivity contribution in [2.45, 2.75) is 45.6 Å². The maximum absolute atomic E-state index is 12.0. The number of amides is 1. The number of carbonyl (C=O) groups excluding carboxylic acids is 1. The molecule has 3 rings (SSSR count). The third-order valence-electron chi connectivity index (χ3n) is 4.81. The van der Waals surface area contributed by atoms with Gasteiger partial charge in [0.2, 0.25) is 5.91 Å². The molecule has 1 atom stereocenters. The lowest BCUT2D eigenvalue weighted by atomic mass is 10.0. The Morgan fingerprint density at radius 1 is 1.44 bits per heavy atom. The number of hydrogen-bond donors (Lipinski definition) is 1. The molecular weight excluding hydrogens is 314 g/mol. The molecule has 1 N–H and O–H groups in total. The van der Waals surface area contributed by atoms with Gasteiger partial charge in [-0.15, -0.1) is 0 Å². The highest BCUT2D eigenvalue weighted by atomic mass is 16.5. The number of aryl methyl sites for hydroxylation is 1. The van der Waals surface area contributed by atoms with Crippen LogP contribution in [0.15, 0.2) is 24.4 Å². The van der Waals surface area contributed by atoms with Crippen LogP contribution in [0, 0.1) is 6.92 Å². The van der Waals surface area contributed by atoms with Gasteiger partial charge in [0.25, 0.3) is 0 Å². The quantitative estimate of drug-likeness (QED) is 0.905. The van der Waals surface area contributed by atoms with Gasteiger partial charge in [-0.1, -0.05) is 19.1 Å². The molecule has 1 aromatic carbocycles. The summed E-state index contributed by atoms with van der Waals surface area (Å²) in [6.07, 6.45) is 5.52. The van der Waals surface area contributed by atoms with Crippen molar-refractivity contribution in [1.29, 1.82) is 0 Å². The molecule has 0 spiro atoms. The molecule has 1 fully saturated rings. The van der Waals surface area contributed by atoms with E-state index in [1.165, 1.54) is 5.69 Å². The van der Waals surface area contributed by atoms with Crippen LogP contribution >= 0.6 is 0 Å². The maximum Gasteiger partial charge on any atom is 0.220 e. The van der Waals surface area contributed by atoms with Crippen molar-refractivity contribution in [1.82, 2.24) is 10.3 Å². The SMILES string of the molecule is CCCC(=O)NC1CCCN(c2c(C)cnc3c(OC)cccc23)C1. The second kappa shape index (κ2) is 7.72. The fourth-order valence-corrected chi connectivity index (χ4v) is 3.69. The molecule has 5 nitrogen and oxygen atoms in total. The third-order valence-corrected chi connectivity index (χ3v) is 4.81. The summed E-state index contributed by atoms with van der Waals surface area (Å²) < 4.78 is 5.47. The Hall–Kier alpha value is -2.30. The van der Waals surface area contributed by atoms with Gasteiger partial charge in [0.1, 0.15) is 11.3 Å². The van der Waals surface area contributed by atoms with E-state index in [2.05, 4.69) is 28.2 Å². The van der Waals surface area contributed by atoms with E-state index in [1.807, 2.05) is 25.3 Å². The number of benzene rings is 1. The number of ether oxygens (including phenoxy) is 1. The number of nitrogens with one attached hydrogen (secondary N) is 1. The smallest absolute Gasteiger partial charge is 0.220 e. The van der Waals surface area contributed by atoms with Crippen molar-refractivity contribution in [3.05, 3.63) is 30.0 Å². The van der Waals surface area contributed by atoms with Crippen LogP contribution in [0.25, 0.3) is 10.9 Å². The van der Waals surface area contributed by atoms with Crippen molar-refractivity contribution in [2.75, 3.05) is 25.1 Å². The summed E-state index contributed by atoms with van der Waals surface area (Å²) in [7, 11) is 1.68. The maximum atomic E-state index is 12.0. The van der Waals surface area contributed by atoms with E-state index >= 15 is 0 Å². The van der Waals surface area contributed by atoms with E-state index in [9.17, 15) is 4.79 Å². The molecule has 0 saturated carbocycles. The Kier molecular flexibility index (Phi) is 5.41. The van der Waals surface area contributed by atoms with Crippen molar-refractivity contribution in [2.24, 2.45) is 0 Å². The van der Waals surface area contributed by atoms with Crippen LogP contribution in [0.4, 0.5) is 5.69 Å². The lowest BCUT2D eigenvalue weighted by molar-refractivity contribution is -0.121. The van der Waals surface area contributed by atoms with E-state index in [-0.39, 0.29) is 11.9 Å². The fraction of sp³-hybridized carbons (Fsp3) is 0.500. The lowest BCUT2D eigenvalue weighted by Crippen LogP contribution is -2.48. The zero-order chi connectivity index (χ0) is 17.8. The van der Waals surface area contributed by atoms with Crippen LogP contribution < -0.4 is 15.0 Å². The zero-order valence-electron chi connectivity index (χ0n) is 15.3. The monoisotopic (exact) mass is 341 g/mol. The number of pyridine rings is 1. The van der Waals surface area contributed by atoms with Crippen LogP contribution in [-0.2, 0) is 4.79 Å². The lowest BCUT2D eigenvalue weighted by Gasteiger charge is -2.36. The number of fused-ring (bicyclic) bond motifs is 1. The van der Waals surface area contributed by atoms with Crippen LogP contribution in [0.3, 0.4) is 0 Å². The number of rotatable bonds is 5. The van der Waals surface area contributed by atoms with E-state index in [0.717, 1.165) is 54.6 Å². The summed E-state index contributed by atoms with van der Waals surface area (Å²) in [6, 6.07) is 6.27. The Labute approximate surface area is 149 Å². The van der Waals surface area contributed by atoms with Crippen molar-refractivity contribution in [3.8, 4) is 5.75 Å². The standard InChI is InChI=1S/C20H27N3O2/c1-4-7-18(24)22-15-8-6-11-23(13-15)20-14(2)12-21-19-16(20)9-5-10-17(19)25-3/h5,9-10,12,15H,4,6-8,11,13H2,1-3H3,(H,22,24). The van der Waals surface area contributed by atoms with Gasteiger partial charge in [-0.05, 0) is 37.8 Å². The number of piperidine rings is 1. The molecule has 2 aromatic rings. The van der Waals surface area contributed by atoms with Gasteiger partial charge >= 0.3 is 0 Å². The average molecular weight is 341 g/mol. The van der Waals surface area contributed by atoms with Crippen LogP contribution in [0.5, 0.6) is 5.75 Å². The van der Waals surface area contributed by atoms with Crippen molar-refractivity contribution in [3.63, 3.8) is 0 Å².